The first-order chi connectivity index (χ1) is 8.39. The van der Waals surface area contributed by atoms with E-state index in [2.05, 4.69) is 9.97 Å². The average Bonchev–Trinajstić information content (AvgIpc) is 2.31. The second-order valence-corrected chi connectivity index (χ2v) is 3.65. The Morgan fingerprint density at radius 3 is 2.17 bits per heavy atom. The standard InChI is InChI=1S/C12H8F4N2/c1-7-17-10(8-5-3-2-4-6-8)9(13)11(18-7)12(14,15)16/h2-6H,1H3. The summed E-state index contributed by atoms with van der Waals surface area (Å²) in [6.45, 7) is 1.29. The Bertz CT molecular complexity index is 564. The fourth-order valence-corrected chi connectivity index (χ4v) is 1.53. The van der Waals surface area contributed by atoms with E-state index in [1.165, 1.54) is 19.1 Å². The lowest BCUT2D eigenvalue weighted by molar-refractivity contribution is -0.143. The molecule has 1 aromatic heterocycles. The van der Waals surface area contributed by atoms with E-state index in [9.17, 15) is 17.6 Å². The third kappa shape index (κ3) is 2.32. The highest BCUT2D eigenvalue weighted by atomic mass is 19.4. The molecule has 0 unspecified atom stereocenters. The first-order valence-electron chi connectivity index (χ1n) is 5.06. The quantitative estimate of drug-likeness (QED) is 0.728. The Hall–Kier alpha value is -1.98. The summed E-state index contributed by atoms with van der Waals surface area (Å²) in [7, 11) is 0. The van der Waals surface area contributed by atoms with Crippen molar-refractivity contribution in [3.63, 3.8) is 0 Å². The largest absolute Gasteiger partial charge is 0.436 e. The minimum absolute atomic E-state index is 0.123. The van der Waals surface area contributed by atoms with Crippen molar-refractivity contribution in [2.24, 2.45) is 0 Å². The molecule has 94 valence electrons. The molecule has 0 aliphatic heterocycles. The van der Waals surface area contributed by atoms with E-state index in [1.54, 1.807) is 18.2 Å². The zero-order chi connectivity index (χ0) is 13.3. The van der Waals surface area contributed by atoms with Crippen LogP contribution in [0.2, 0.25) is 0 Å². The van der Waals surface area contributed by atoms with Crippen LogP contribution in [-0.2, 0) is 6.18 Å². The molecule has 6 heteroatoms. The van der Waals surface area contributed by atoms with Crippen LogP contribution in [0.5, 0.6) is 0 Å². The summed E-state index contributed by atoms with van der Waals surface area (Å²) < 4.78 is 51.6. The van der Waals surface area contributed by atoms with Crippen molar-refractivity contribution >= 4 is 0 Å². The molecule has 0 bridgehead atoms. The molecule has 2 rings (SSSR count). The van der Waals surface area contributed by atoms with Crippen LogP contribution in [-0.4, -0.2) is 9.97 Å². The summed E-state index contributed by atoms with van der Waals surface area (Å²) in [5, 5.41) is 0. The second-order valence-electron chi connectivity index (χ2n) is 3.65. The van der Waals surface area contributed by atoms with Crippen molar-refractivity contribution in [2.75, 3.05) is 0 Å². The van der Waals surface area contributed by atoms with Gasteiger partial charge in [-0.3, -0.25) is 0 Å². The molecule has 18 heavy (non-hydrogen) atoms. The van der Waals surface area contributed by atoms with E-state index in [1.807, 2.05) is 0 Å². The van der Waals surface area contributed by atoms with E-state index in [0.29, 0.717) is 0 Å². The topological polar surface area (TPSA) is 25.8 Å². The van der Waals surface area contributed by atoms with Gasteiger partial charge in [-0.1, -0.05) is 30.3 Å². The third-order valence-electron chi connectivity index (χ3n) is 2.28. The maximum absolute atomic E-state index is 13.8. The molecule has 0 amide bonds. The number of nitrogens with zero attached hydrogens (tertiary/aromatic N) is 2. The SMILES string of the molecule is Cc1nc(-c2ccccc2)c(F)c(C(F)(F)F)n1. The summed E-state index contributed by atoms with van der Waals surface area (Å²) in [6, 6.07) is 7.86. The van der Waals surface area contributed by atoms with Crippen LogP contribution in [0.15, 0.2) is 30.3 Å². The van der Waals surface area contributed by atoms with E-state index in [0.717, 1.165) is 0 Å². The van der Waals surface area contributed by atoms with E-state index < -0.39 is 17.7 Å². The number of alkyl halides is 3. The number of hydrogen-bond donors (Lipinski definition) is 0. The van der Waals surface area contributed by atoms with Crippen molar-refractivity contribution in [2.45, 2.75) is 13.1 Å². The number of aromatic nitrogens is 2. The Morgan fingerprint density at radius 2 is 1.61 bits per heavy atom. The fourth-order valence-electron chi connectivity index (χ4n) is 1.53. The summed E-state index contributed by atoms with van der Waals surface area (Å²) >= 11 is 0. The molecule has 0 saturated carbocycles. The predicted molar refractivity (Wildman–Crippen MR) is 57.2 cm³/mol. The molecule has 0 aliphatic carbocycles. The van der Waals surface area contributed by atoms with Gasteiger partial charge in [0.25, 0.3) is 0 Å². The molecule has 0 N–H and O–H groups in total. The minimum Gasteiger partial charge on any atom is -0.230 e. The number of hydrogen-bond acceptors (Lipinski definition) is 2. The number of halogens is 4. The number of aryl methyl sites for hydroxylation is 1. The zero-order valence-electron chi connectivity index (χ0n) is 9.29. The van der Waals surface area contributed by atoms with Crippen LogP contribution in [0.3, 0.4) is 0 Å². The highest BCUT2D eigenvalue weighted by Gasteiger charge is 2.38. The number of benzene rings is 1. The molecule has 0 aliphatic rings. The highest BCUT2D eigenvalue weighted by Crippen LogP contribution is 2.33. The molecule has 0 saturated heterocycles. The predicted octanol–water partition coefficient (Wildman–Crippen LogP) is 3.61. The van der Waals surface area contributed by atoms with Gasteiger partial charge >= 0.3 is 6.18 Å². The lowest BCUT2D eigenvalue weighted by atomic mass is 10.1. The van der Waals surface area contributed by atoms with Crippen LogP contribution in [0.4, 0.5) is 17.6 Å². The first kappa shape index (κ1) is 12.5. The van der Waals surface area contributed by atoms with Crippen molar-refractivity contribution < 1.29 is 17.6 Å². The van der Waals surface area contributed by atoms with Gasteiger partial charge in [-0.2, -0.15) is 13.2 Å². The second kappa shape index (κ2) is 4.36. The van der Waals surface area contributed by atoms with Crippen LogP contribution >= 0.6 is 0 Å². The molecule has 2 nitrogen and oxygen atoms in total. The van der Waals surface area contributed by atoms with Crippen LogP contribution < -0.4 is 0 Å². The van der Waals surface area contributed by atoms with E-state index in [4.69, 9.17) is 0 Å². The van der Waals surface area contributed by atoms with Crippen molar-refractivity contribution in [3.05, 3.63) is 47.7 Å². The van der Waals surface area contributed by atoms with Gasteiger partial charge in [0.1, 0.15) is 11.5 Å². The van der Waals surface area contributed by atoms with Crippen molar-refractivity contribution in [3.8, 4) is 11.3 Å². The lowest BCUT2D eigenvalue weighted by Crippen LogP contribution is -2.14. The van der Waals surface area contributed by atoms with Gasteiger partial charge in [-0.05, 0) is 6.92 Å². The van der Waals surface area contributed by atoms with E-state index in [-0.39, 0.29) is 17.1 Å². The van der Waals surface area contributed by atoms with Gasteiger partial charge in [0, 0.05) is 5.56 Å². The fraction of sp³-hybridized carbons (Fsp3) is 0.167. The lowest BCUT2D eigenvalue weighted by Gasteiger charge is -2.11. The Labute approximate surface area is 100 Å². The van der Waals surface area contributed by atoms with Gasteiger partial charge < -0.3 is 0 Å². The zero-order valence-corrected chi connectivity index (χ0v) is 9.29. The highest BCUT2D eigenvalue weighted by molar-refractivity contribution is 5.60. The van der Waals surface area contributed by atoms with Crippen LogP contribution in [0.1, 0.15) is 11.5 Å². The maximum Gasteiger partial charge on any atom is 0.436 e. The summed E-state index contributed by atoms with van der Waals surface area (Å²) in [5.41, 5.74) is -1.59. The minimum atomic E-state index is -4.83. The molecule has 0 radical (unpaired) electrons. The molecule has 1 aromatic carbocycles. The molecular formula is C12H8F4N2. The molecule has 0 fully saturated rings. The van der Waals surface area contributed by atoms with Crippen molar-refractivity contribution in [1.82, 2.24) is 9.97 Å². The molecule has 2 aromatic rings. The summed E-state index contributed by atoms with van der Waals surface area (Å²) in [4.78, 5) is 6.85. The number of rotatable bonds is 1. The van der Waals surface area contributed by atoms with Gasteiger partial charge in [-0.25, -0.2) is 14.4 Å². The molecule has 0 spiro atoms. The Kier molecular flexibility index (Phi) is 3.02. The molecule has 0 atom stereocenters. The third-order valence-corrected chi connectivity index (χ3v) is 2.28. The van der Waals surface area contributed by atoms with Gasteiger partial charge in [0.15, 0.2) is 11.5 Å². The summed E-state index contributed by atoms with van der Waals surface area (Å²) in [5.74, 6) is -1.57. The first-order valence-corrected chi connectivity index (χ1v) is 5.06. The van der Waals surface area contributed by atoms with Crippen LogP contribution in [0, 0.1) is 12.7 Å². The van der Waals surface area contributed by atoms with Gasteiger partial charge in [-0.15, -0.1) is 0 Å². The van der Waals surface area contributed by atoms with Crippen LogP contribution in [0.25, 0.3) is 11.3 Å². The van der Waals surface area contributed by atoms with Crippen molar-refractivity contribution in [1.29, 1.82) is 0 Å². The average molecular weight is 256 g/mol. The molecule has 1 heterocycles. The Balaban J connectivity index is 2.67. The van der Waals surface area contributed by atoms with Gasteiger partial charge in [0.05, 0.1) is 0 Å². The Morgan fingerprint density at radius 1 is 1.00 bits per heavy atom. The monoisotopic (exact) mass is 256 g/mol. The van der Waals surface area contributed by atoms with E-state index >= 15 is 0 Å². The summed E-state index contributed by atoms with van der Waals surface area (Å²) in [6.07, 6.45) is -4.83. The smallest absolute Gasteiger partial charge is 0.230 e. The molecular weight excluding hydrogens is 248 g/mol. The normalized spacial score (nSPS) is 11.6. The maximum atomic E-state index is 13.8. The van der Waals surface area contributed by atoms with Gasteiger partial charge in [0.2, 0.25) is 0 Å².